The average molecular weight is 421 g/mol. The minimum atomic E-state index is -0.642. The van der Waals surface area contributed by atoms with Crippen molar-refractivity contribution in [1.29, 1.82) is 0 Å². The van der Waals surface area contributed by atoms with Crippen LogP contribution in [0.2, 0.25) is 0 Å². The van der Waals surface area contributed by atoms with E-state index in [0.717, 1.165) is 60.5 Å². The summed E-state index contributed by atoms with van der Waals surface area (Å²) in [6.07, 6.45) is 6.25. The third-order valence-corrected chi connectivity index (χ3v) is 6.17. The monoisotopic (exact) mass is 421 g/mol. The summed E-state index contributed by atoms with van der Waals surface area (Å²) in [6.45, 7) is 3.92. The Morgan fingerprint density at radius 1 is 1.03 bits per heavy atom. The van der Waals surface area contributed by atoms with Crippen molar-refractivity contribution in [1.82, 2.24) is 14.8 Å². The van der Waals surface area contributed by atoms with E-state index in [0.29, 0.717) is 0 Å². The molecule has 0 radical (unpaired) electrons. The van der Waals surface area contributed by atoms with Gasteiger partial charge in [0.1, 0.15) is 11.3 Å². The number of aromatic nitrogens is 1. The highest BCUT2D eigenvalue weighted by Gasteiger charge is 2.40. The number of rotatable bonds is 4. The van der Waals surface area contributed by atoms with E-state index < -0.39 is 17.8 Å². The second-order valence-corrected chi connectivity index (χ2v) is 8.14. The van der Waals surface area contributed by atoms with Gasteiger partial charge < -0.3 is 9.30 Å². The summed E-state index contributed by atoms with van der Waals surface area (Å²) in [5, 5.41) is 2.35. The fourth-order valence-electron chi connectivity index (χ4n) is 4.56. The van der Waals surface area contributed by atoms with Gasteiger partial charge in [-0.2, -0.15) is 0 Å². The lowest BCUT2D eigenvalue weighted by molar-refractivity contribution is -0.132. The number of amides is 4. The van der Waals surface area contributed by atoms with Crippen molar-refractivity contribution in [3.63, 3.8) is 0 Å². The topological polar surface area (TPSA) is 80.6 Å². The molecule has 1 saturated heterocycles. The number of nitrogens with one attached hydrogen (secondary N) is 1. The first-order chi connectivity index (χ1) is 14.9. The maximum absolute atomic E-state index is 13.1. The van der Waals surface area contributed by atoms with Crippen LogP contribution in [0.25, 0.3) is 11.8 Å². The van der Waals surface area contributed by atoms with Gasteiger partial charge in [-0.05, 0) is 68.7 Å². The van der Waals surface area contributed by atoms with Crippen LogP contribution in [0, 0.1) is 13.8 Å². The highest BCUT2D eigenvalue weighted by Crippen LogP contribution is 2.28. The zero-order valence-electron chi connectivity index (χ0n) is 18.1. The van der Waals surface area contributed by atoms with Crippen LogP contribution < -0.4 is 10.1 Å². The summed E-state index contributed by atoms with van der Waals surface area (Å²) in [7, 11) is 1.62. The summed E-state index contributed by atoms with van der Waals surface area (Å²) in [6, 6.07) is 8.87. The van der Waals surface area contributed by atoms with Gasteiger partial charge in [0.05, 0.1) is 7.11 Å². The lowest BCUT2D eigenvalue weighted by atomic mass is 9.93. The highest BCUT2D eigenvalue weighted by molar-refractivity contribution is 6.31. The van der Waals surface area contributed by atoms with Crippen molar-refractivity contribution in [2.24, 2.45) is 0 Å². The first-order valence-electron chi connectivity index (χ1n) is 10.6. The Morgan fingerprint density at radius 2 is 1.71 bits per heavy atom. The maximum Gasteiger partial charge on any atom is 0.331 e. The van der Waals surface area contributed by atoms with Gasteiger partial charge in [-0.1, -0.05) is 19.3 Å². The number of carbonyl (C=O) groups is 3. The molecular formula is C24H27N3O4. The highest BCUT2D eigenvalue weighted by atomic mass is 16.5. The van der Waals surface area contributed by atoms with E-state index in [9.17, 15) is 14.4 Å². The minimum Gasteiger partial charge on any atom is -0.497 e. The molecule has 1 N–H and O–H groups in total. The Balaban J connectivity index is 1.69. The molecule has 2 aliphatic rings. The smallest absolute Gasteiger partial charge is 0.331 e. The zero-order chi connectivity index (χ0) is 22.1. The molecule has 7 nitrogen and oxygen atoms in total. The Hall–Kier alpha value is -3.35. The van der Waals surface area contributed by atoms with E-state index in [2.05, 4.69) is 9.88 Å². The first kappa shape index (κ1) is 20.9. The summed E-state index contributed by atoms with van der Waals surface area (Å²) in [4.78, 5) is 39.3. The quantitative estimate of drug-likeness (QED) is 0.600. The average Bonchev–Trinajstić information content (AvgIpc) is 3.04. The molecule has 0 bridgehead atoms. The Bertz CT molecular complexity index is 1060. The van der Waals surface area contributed by atoms with E-state index in [1.165, 1.54) is 4.90 Å². The van der Waals surface area contributed by atoms with Crippen LogP contribution in [0.3, 0.4) is 0 Å². The van der Waals surface area contributed by atoms with Crippen LogP contribution in [0.4, 0.5) is 4.79 Å². The molecule has 2 fully saturated rings. The molecule has 4 amide bonds. The molecule has 7 heteroatoms. The van der Waals surface area contributed by atoms with Gasteiger partial charge in [-0.3, -0.25) is 19.8 Å². The van der Waals surface area contributed by atoms with Crippen LogP contribution >= 0.6 is 0 Å². The van der Waals surface area contributed by atoms with Gasteiger partial charge >= 0.3 is 6.03 Å². The molecule has 31 heavy (non-hydrogen) atoms. The van der Waals surface area contributed by atoms with Gasteiger partial charge in [0.15, 0.2) is 0 Å². The number of benzene rings is 1. The van der Waals surface area contributed by atoms with Crippen molar-refractivity contribution in [3.05, 3.63) is 52.9 Å². The number of aryl methyl sites for hydroxylation is 1. The normalized spacial score (nSPS) is 19.1. The van der Waals surface area contributed by atoms with Crippen LogP contribution in [0.1, 0.15) is 49.1 Å². The van der Waals surface area contributed by atoms with E-state index in [4.69, 9.17) is 4.74 Å². The van der Waals surface area contributed by atoms with E-state index in [-0.39, 0.29) is 11.6 Å². The van der Waals surface area contributed by atoms with E-state index in [1.807, 2.05) is 44.2 Å². The Kier molecular flexibility index (Phi) is 5.67. The van der Waals surface area contributed by atoms with Crippen LogP contribution in [0.5, 0.6) is 5.75 Å². The standard InChI is InChI=1S/C24H27N3O4/c1-15-13-17(16(2)26(15)19-9-11-20(31-3)12-10-19)14-21-22(28)25-24(30)27(23(21)29)18-7-5-4-6-8-18/h9-14,18H,4-8H2,1-3H3,(H,25,28,30). The Morgan fingerprint density at radius 3 is 2.35 bits per heavy atom. The summed E-state index contributed by atoms with van der Waals surface area (Å²) in [5.41, 5.74) is 3.60. The summed E-state index contributed by atoms with van der Waals surface area (Å²) < 4.78 is 7.29. The SMILES string of the molecule is COc1ccc(-n2c(C)cc(C=C3C(=O)NC(=O)N(C4CCCCC4)C3=O)c2C)cc1. The van der Waals surface area contributed by atoms with Crippen molar-refractivity contribution in [3.8, 4) is 11.4 Å². The largest absolute Gasteiger partial charge is 0.497 e. The third kappa shape index (κ3) is 3.87. The van der Waals surface area contributed by atoms with Gasteiger partial charge in [-0.15, -0.1) is 0 Å². The number of ether oxygens (including phenoxy) is 1. The molecular weight excluding hydrogens is 394 g/mol. The number of imide groups is 2. The molecule has 0 atom stereocenters. The molecule has 162 valence electrons. The second kappa shape index (κ2) is 8.41. The third-order valence-electron chi connectivity index (χ3n) is 6.17. The number of urea groups is 1. The molecule has 0 spiro atoms. The van der Waals surface area contributed by atoms with Crippen LogP contribution in [0.15, 0.2) is 35.9 Å². The van der Waals surface area contributed by atoms with Gasteiger partial charge in [0.2, 0.25) is 0 Å². The van der Waals surface area contributed by atoms with E-state index in [1.54, 1.807) is 13.2 Å². The second-order valence-electron chi connectivity index (χ2n) is 8.14. The lowest BCUT2D eigenvalue weighted by Gasteiger charge is -2.35. The van der Waals surface area contributed by atoms with Crippen molar-refractivity contribution in [2.45, 2.75) is 52.0 Å². The zero-order valence-corrected chi connectivity index (χ0v) is 18.1. The summed E-state index contributed by atoms with van der Waals surface area (Å²) >= 11 is 0. The number of hydrogen-bond acceptors (Lipinski definition) is 4. The van der Waals surface area contributed by atoms with Crippen molar-refractivity contribution < 1.29 is 19.1 Å². The molecule has 1 saturated carbocycles. The first-order valence-corrected chi connectivity index (χ1v) is 10.6. The number of nitrogens with zero attached hydrogens (tertiary/aromatic N) is 2. The van der Waals surface area contributed by atoms with Gasteiger partial charge in [0, 0.05) is 23.1 Å². The van der Waals surface area contributed by atoms with Crippen molar-refractivity contribution in [2.75, 3.05) is 7.11 Å². The number of barbiturate groups is 1. The number of hydrogen-bond donors (Lipinski definition) is 1. The number of methoxy groups -OCH3 is 1. The summed E-state index contributed by atoms with van der Waals surface area (Å²) in [5.74, 6) is -0.378. The van der Waals surface area contributed by atoms with Gasteiger partial charge in [0.25, 0.3) is 11.8 Å². The molecule has 2 heterocycles. The fraction of sp³-hybridized carbons (Fsp3) is 0.375. The molecule has 2 aromatic rings. The van der Waals surface area contributed by atoms with Gasteiger partial charge in [-0.25, -0.2) is 4.79 Å². The van der Waals surface area contributed by atoms with Crippen molar-refractivity contribution >= 4 is 23.9 Å². The fourth-order valence-corrected chi connectivity index (χ4v) is 4.56. The molecule has 1 aromatic heterocycles. The molecule has 0 unspecified atom stereocenters. The maximum atomic E-state index is 13.1. The predicted molar refractivity (Wildman–Crippen MR) is 117 cm³/mol. The number of carbonyl (C=O) groups excluding carboxylic acids is 3. The molecule has 1 aliphatic heterocycles. The minimum absolute atomic E-state index is 0.000143. The predicted octanol–water partition coefficient (Wildman–Crippen LogP) is 3.90. The molecule has 4 rings (SSSR count). The Labute approximate surface area is 181 Å². The van der Waals surface area contributed by atoms with Crippen LogP contribution in [-0.4, -0.2) is 40.5 Å². The van der Waals surface area contributed by atoms with Crippen LogP contribution in [-0.2, 0) is 9.59 Å². The molecule has 1 aromatic carbocycles. The molecule has 1 aliphatic carbocycles. The lowest BCUT2D eigenvalue weighted by Crippen LogP contribution is -2.58. The van der Waals surface area contributed by atoms with E-state index >= 15 is 0 Å².